The van der Waals surface area contributed by atoms with Crippen molar-refractivity contribution in [3.63, 3.8) is 0 Å². The number of carbonyl (C=O) groups is 1. The lowest BCUT2D eigenvalue weighted by Crippen LogP contribution is -2.42. The van der Waals surface area contributed by atoms with Gasteiger partial charge >= 0.3 is 6.09 Å². The maximum atomic E-state index is 11.6. The molecule has 1 amide bonds. The second-order valence-electron chi connectivity index (χ2n) is 6.39. The molecule has 0 spiro atoms. The van der Waals surface area contributed by atoms with Crippen LogP contribution < -0.4 is 10.7 Å². The number of hydrogen-bond donors (Lipinski definition) is 2. The fraction of sp³-hybridized carbons (Fsp3) is 0.765. The number of hydrogen-bond acceptors (Lipinski definition) is 5. The molecule has 140 valence electrons. The van der Waals surface area contributed by atoms with Gasteiger partial charge in [0.15, 0.2) is 0 Å². The minimum absolute atomic E-state index is 0.382. The second-order valence-corrected chi connectivity index (χ2v) is 6.39. The zero-order valence-electron chi connectivity index (χ0n) is 16.4. The van der Waals surface area contributed by atoms with E-state index in [9.17, 15) is 4.79 Å². The molecule has 24 heavy (non-hydrogen) atoms. The molecule has 0 aromatic rings. The molecule has 0 aromatic carbocycles. The number of likely N-dealkylation sites (N-methyl/N-ethyl adjacent to an activating group) is 2. The van der Waals surface area contributed by atoms with Gasteiger partial charge in [-0.2, -0.15) is 0 Å². The number of amidine groups is 1. The van der Waals surface area contributed by atoms with E-state index in [0.29, 0.717) is 13.1 Å². The lowest BCUT2D eigenvalue weighted by molar-refractivity contribution is 0.0526. The lowest BCUT2D eigenvalue weighted by Gasteiger charge is -2.30. The highest BCUT2D eigenvalue weighted by Gasteiger charge is 2.17. The molecule has 0 saturated heterocycles. The van der Waals surface area contributed by atoms with Crippen LogP contribution in [-0.2, 0) is 4.74 Å². The summed E-state index contributed by atoms with van der Waals surface area (Å²) < 4.78 is 5.22. The molecule has 7 heteroatoms. The molecule has 0 saturated carbocycles. The zero-order valence-corrected chi connectivity index (χ0v) is 16.4. The molecule has 7 nitrogen and oxygen atoms in total. The molecule has 0 unspecified atom stereocenters. The lowest BCUT2D eigenvalue weighted by atomic mass is 10.2. The maximum absolute atomic E-state index is 11.6. The van der Waals surface area contributed by atoms with E-state index >= 15 is 0 Å². The standard InChI is InChI=1S/C17H35N5O2/c1-9-19-15(14(3)21(8)18-7)22(10-2)13-11-12-20-16(23)24-17(4,5)6/h18H,3,9-13H2,1-2,4-8H3,(H,20,23). The van der Waals surface area contributed by atoms with Gasteiger partial charge in [-0.1, -0.05) is 6.58 Å². The minimum Gasteiger partial charge on any atom is -0.444 e. The summed E-state index contributed by atoms with van der Waals surface area (Å²) in [7, 11) is 3.75. The van der Waals surface area contributed by atoms with Crippen molar-refractivity contribution in [3.05, 3.63) is 12.3 Å². The third kappa shape index (κ3) is 8.76. The summed E-state index contributed by atoms with van der Waals surface area (Å²) in [4.78, 5) is 18.4. The van der Waals surface area contributed by atoms with Crippen molar-refractivity contribution in [1.29, 1.82) is 0 Å². The molecule has 0 aromatic heterocycles. The first-order chi connectivity index (χ1) is 11.2. The molecule has 0 fully saturated rings. The SMILES string of the molecule is C=C(C(=NCC)N(CC)CCCNC(=O)OC(C)(C)C)N(C)NC. The van der Waals surface area contributed by atoms with E-state index in [-0.39, 0.29) is 6.09 Å². The Morgan fingerprint density at radius 2 is 1.92 bits per heavy atom. The van der Waals surface area contributed by atoms with Crippen LogP contribution in [0.5, 0.6) is 0 Å². The number of nitrogens with zero attached hydrogens (tertiary/aromatic N) is 3. The third-order valence-corrected chi connectivity index (χ3v) is 3.26. The van der Waals surface area contributed by atoms with Crippen LogP contribution in [0.15, 0.2) is 17.3 Å². The van der Waals surface area contributed by atoms with Crippen molar-refractivity contribution in [1.82, 2.24) is 20.7 Å². The van der Waals surface area contributed by atoms with Gasteiger partial charge in [0.05, 0.1) is 5.70 Å². The monoisotopic (exact) mass is 341 g/mol. The molecule has 0 aliphatic heterocycles. The van der Waals surface area contributed by atoms with Crippen LogP contribution in [0, 0.1) is 0 Å². The fourth-order valence-corrected chi connectivity index (χ4v) is 2.00. The smallest absolute Gasteiger partial charge is 0.407 e. The summed E-state index contributed by atoms with van der Waals surface area (Å²) in [6.45, 7) is 16.6. The van der Waals surface area contributed by atoms with Crippen LogP contribution in [0.2, 0.25) is 0 Å². The number of aliphatic imine (C=N–C) groups is 1. The van der Waals surface area contributed by atoms with E-state index in [4.69, 9.17) is 4.74 Å². The zero-order chi connectivity index (χ0) is 18.8. The molecule has 0 rings (SSSR count). The van der Waals surface area contributed by atoms with E-state index in [0.717, 1.165) is 31.0 Å². The van der Waals surface area contributed by atoms with Gasteiger partial charge in [-0.05, 0) is 41.0 Å². The van der Waals surface area contributed by atoms with Crippen molar-refractivity contribution in [2.24, 2.45) is 4.99 Å². The normalized spacial score (nSPS) is 11.9. The molecule has 0 heterocycles. The van der Waals surface area contributed by atoms with Crippen LogP contribution >= 0.6 is 0 Å². The fourth-order valence-electron chi connectivity index (χ4n) is 2.00. The average molecular weight is 342 g/mol. The van der Waals surface area contributed by atoms with Crippen molar-refractivity contribution in [2.45, 2.75) is 46.6 Å². The number of alkyl carbamates (subject to hydrolysis) is 1. The van der Waals surface area contributed by atoms with E-state index in [1.807, 2.05) is 46.8 Å². The topological polar surface area (TPSA) is 69.2 Å². The Morgan fingerprint density at radius 3 is 2.38 bits per heavy atom. The Kier molecular flexibility index (Phi) is 10.1. The second kappa shape index (κ2) is 10.9. The Labute approximate surface area is 147 Å². The van der Waals surface area contributed by atoms with Gasteiger partial charge in [-0.3, -0.25) is 4.99 Å². The van der Waals surface area contributed by atoms with Crippen molar-refractivity contribution < 1.29 is 9.53 Å². The third-order valence-electron chi connectivity index (χ3n) is 3.26. The predicted octanol–water partition coefficient (Wildman–Crippen LogP) is 2.22. The van der Waals surface area contributed by atoms with Gasteiger partial charge in [-0.15, -0.1) is 0 Å². The molecule has 0 aliphatic carbocycles. The summed E-state index contributed by atoms with van der Waals surface area (Å²) in [6, 6.07) is 0. The Bertz CT molecular complexity index is 429. The maximum Gasteiger partial charge on any atom is 0.407 e. The largest absolute Gasteiger partial charge is 0.444 e. The Balaban J connectivity index is 4.54. The summed E-state index contributed by atoms with van der Waals surface area (Å²) in [5, 5.41) is 4.62. The highest BCUT2D eigenvalue weighted by Crippen LogP contribution is 2.07. The highest BCUT2D eigenvalue weighted by molar-refractivity contribution is 5.97. The van der Waals surface area contributed by atoms with Gasteiger partial charge in [0.1, 0.15) is 11.4 Å². The van der Waals surface area contributed by atoms with Gasteiger partial charge in [0, 0.05) is 40.3 Å². The summed E-state index contributed by atoms with van der Waals surface area (Å²) >= 11 is 0. The van der Waals surface area contributed by atoms with Crippen LogP contribution in [0.3, 0.4) is 0 Å². The summed E-state index contributed by atoms with van der Waals surface area (Å²) in [5.41, 5.74) is 3.38. The van der Waals surface area contributed by atoms with E-state index in [1.54, 1.807) is 0 Å². The van der Waals surface area contributed by atoms with Crippen molar-refractivity contribution in [2.75, 3.05) is 40.3 Å². The number of ether oxygens (including phenoxy) is 1. The minimum atomic E-state index is -0.476. The van der Waals surface area contributed by atoms with Crippen LogP contribution in [0.4, 0.5) is 4.79 Å². The predicted molar refractivity (Wildman–Crippen MR) is 100 cm³/mol. The number of amides is 1. The van der Waals surface area contributed by atoms with Crippen LogP contribution in [-0.4, -0.2) is 67.7 Å². The molecule has 0 aliphatic rings. The van der Waals surface area contributed by atoms with E-state index in [2.05, 4.69) is 34.1 Å². The van der Waals surface area contributed by atoms with Gasteiger partial charge in [0.25, 0.3) is 0 Å². The van der Waals surface area contributed by atoms with E-state index in [1.165, 1.54) is 0 Å². The first kappa shape index (κ1) is 22.2. The number of nitrogens with one attached hydrogen (secondary N) is 2. The van der Waals surface area contributed by atoms with Gasteiger partial charge in [0.2, 0.25) is 0 Å². The molecule has 0 atom stereocenters. The Morgan fingerprint density at radius 1 is 1.29 bits per heavy atom. The number of carbonyl (C=O) groups excluding carboxylic acids is 1. The summed E-state index contributed by atoms with van der Waals surface area (Å²) in [6.07, 6.45) is 0.416. The average Bonchev–Trinajstić information content (AvgIpc) is 2.50. The molecular formula is C17H35N5O2. The summed E-state index contributed by atoms with van der Waals surface area (Å²) in [5.74, 6) is 0.870. The number of hydrazine groups is 1. The molecule has 0 radical (unpaired) electrons. The van der Waals surface area contributed by atoms with Gasteiger partial charge in [-0.25, -0.2) is 10.2 Å². The Hall–Kier alpha value is -1.76. The van der Waals surface area contributed by atoms with Crippen LogP contribution in [0.25, 0.3) is 0 Å². The highest BCUT2D eigenvalue weighted by atomic mass is 16.6. The molecule has 0 bridgehead atoms. The van der Waals surface area contributed by atoms with Crippen LogP contribution in [0.1, 0.15) is 41.0 Å². The van der Waals surface area contributed by atoms with E-state index < -0.39 is 5.60 Å². The number of rotatable bonds is 9. The van der Waals surface area contributed by atoms with Crippen molar-refractivity contribution in [3.8, 4) is 0 Å². The molecule has 2 N–H and O–H groups in total. The first-order valence-electron chi connectivity index (χ1n) is 8.52. The first-order valence-corrected chi connectivity index (χ1v) is 8.52. The van der Waals surface area contributed by atoms with Gasteiger partial charge < -0.3 is 20.0 Å². The van der Waals surface area contributed by atoms with Crippen molar-refractivity contribution >= 4 is 11.9 Å². The quantitative estimate of drug-likeness (QED) is 0.291. The molecular weight excluding hydrogens is 306 g/mol.